The standard InChI is InChI=1S/C25H36N6.HI/c1-20-10-11-24(27-17-20)30-15-12-22(13-16-30)29-25(26-2)28-18-23-9-6-14-31(23)19-21-7-4-3-5-8-21;/h3-5,7-8,10-11,17,22-23H,6,9,12-16,18-19H2,1-2H3,(H2,26,28,29);1H. The first-order valence-electron chi connectivity index (χ1n) is 11.6. The summed E-state index contributed by atoms with van der Waals surface area (Å²) in [6, 6.07) is 16.1. The average molecular weight is 549 g/mol. The second kappa shape index (κ2) is 12.4. The highest BCUT2D eigenvalue weighted by molar-refractivity contribution is 14.0. The Bertz CT molecular complexity index is 833. The molecule has 1 aromatic heterocycles. The lowest BCUT2D eigenvalue weighted by Crippen LogP contribution is -2.51. The minimum absolute atomic E-state index is 0. The second-order valence-electron chi connectivity index (χ2n) is 8.80. The number of benzene rings is 1. The molecule has 2 aromatic rings. The van der Waals surface area contributed by atoms with Gasteiger partial charge >= 0.3 is 0 Å². The van der Waals surface area contributed by atoms with Crippen LogP contribution >= 0.6 is 24.0 Å². The van der Waals surface area contributed by atoms with Crippen molar-refractivity contribution < 1.29 is 0 Å². The Hall–Kier alpha value is -1.87. The van der Waals surface area contributed by atoms with Gasteiger partial charge in [-0.15, -0.1) is 24.0 Å². The van der Waals surface area contributed by atoms with Crippen LogP contribution in [-0.4, -0.2) is 61.2 Å². The maximum atomic E-state index is 4.58. The average Bonchev–Trinajstić information content (AvgIpc) is 3.25. The highest BCUT2D eigenvalue weighted by Gasteiger charge is 2.25. The number of rotatable bonds is 6. The summed E-state index contributed by atoms with van der Waals surface area (Å²) < 4.78 is 0. The lowest BCUT2D eigenvalue weighted by Gasteiger charge is -2.34. The molecule has 0 aliphatic carbocycles. The molecule has 0 spiro atoms. The lowest BCUT2D eigenvalue weighted by atomic mass is 10.1. The maximum Gasteiger partial charge on any atom is 0.191 e. The van der Waals surface area contributed by atoms with E-state index in [0.29, 0.717) is 12.1 Å². The van der Waals surface area contributed by atoms with Crippen LogP contribution in [0.5, 0.6) is 0 Å². The third-order valence-electron chi connectivity index (χ3n) is 6.51. The Kier molecular flexibility index (Phi) is 9.59. The normalized spacial score (nSPS) is 20.1. The summed E-state index contributed by atoms with van der Waals surface area (Å²) in [5.41, 5.74) is 2.60. The number of pyridine rings is 1. The number of aryl methyl sites for hydroxylation is 1. The number of guanidine groups is 1. The van der Waals surface area contributed by atoms with Gasteiger partial charge in [-0.1, -0.05) is 36.4 Å². The molecular formula is C25H37IN6. The van der Waals surface area contributed by atoms with Gasteiger partial charge < -0.3 is 15.5 Å². The van der Waals surface area contributed by atoms with Gasteiger partial charge in [-0.05, 0) is 56.3 Å². The van der Waals surface area contributed by atoms with E-state index in [1.54, 1.807) is 0 Å². The Morgan fingerprint density at radius 3 is 2.53 bits per heavy atom. The number of piperidine rings is 1. The zero-order valence-electron chi connectivity index (χ0n) is 19.3. The molecule has 3 heterocycles. The number of hydrogen-bond donors (Lipinski definition) is 2. The van der Waals surface area contributed by atoms with Crippen LogP contribution in [0, 0.1) is 6.92 Å². The fourth-order valence-corrected chi connectivity index (χ4v) is 4.65. The zero-order valence-corrected chi connectivity index (χ0v) is 21.7. The van der Waals surface area contributed by atoms with Crippen molar-refractivity contribution in [3.8, 4) is 0 Å². The van der Waals surface area contributed by atoms with Crippen molar-refractivity contribution in [2.45, 2.75) is 51.2 Å². The number of nitrogens with one attached hydrogen (secondary N) is 2. The van der Waals surface area contributed by atoms with Crippen LogP contribution in [-0.2, 0) is 6.54 Å². The van der Waals surface area contributed by atoms with Crippen molar-refractivity contribution >= 4 is 35.8 Å². The largest absolute Gasteiger partial charge is 0.356 e. The molecule has 2 aliphatic heterocycles. The number of nitrogens with zero attached hydrogens (tertiary/aromatic N) is 4. The highest BCUT2D eigenvalue weighted by Crippen LogP contribution is 2.20. The van der Waals surface area contributed by atoms with Crippen LogP contribution in [0.1, 0.15) is 36.8 Å². The highest BCUT2D eigenvalue weighted by atomic mass is 127. The number of hydrogen-bond acceptors (Lipinski definition) is 4. The van der Waals surface area contributed by atoms with Crippen molar-refractivity contribution in [1.82, 2.24) is 20.5 Å². The SMILES string of the molecule is CN=C(NCC1CCCN1Cc1ccccc1)NC1CCN(c2ccc(C)cn2)CC1.I. The first-order chi connectivity index (χ1) is 15.2. The minimum atomic E-state index is 0. The molecule has 2 fully saturated rings. The molecule has 32 heavy (non-hydrogen) atoms. The quantitative estimate of drug-likeness (QED) is 0.327. The molecule has 2 aliphatic rings. The predicted octanol–water partition coefficient (Wildman–Crippen LogP) is 3.81. The molecule has 0 saturated carbocycles. The first kappa shape index (κ1) is 24.8. The van der Waals surface area contributed by atoms with E-state index in [1.807, 2.05) is 13.2 Å². The van der Waals surface area contributed by atoms with Crippen LogP contribution in [0.15, 0.2) is 53.7 Å². The molecule has 7 heteroatoms. The summed E-state index contributed by atoms with van der Waals surface area (Å²) in [5.74, 6) is 2.02. The molecule has 2 saturated heterocycles. The van der Waals surface area contributed by atoms with Crippen molar-refractivity contribution in [3.05, 3.63) is 59.8 Å². The number of likely N-dealkylation sites (tertiary alicyclic amines) is 1. The number of halogens is 1. The van der Waals surface area contributed by atoms with Gasteiger partial charge in [-0.25, -0.2) is 4.98 Å². The third-order valence-corrected chi connectivity index (χ3v) is 6.51. The van der Waals surface area contributed by atoms with Gasteiger partial charge in [-0.3, -0.25) is 9.89 Å². The molecule has 1 unspecified atom stereocenters. The van der Waals surface area contributed by atoms with E-state index < -0.39 is 0 Å². The van der Waals surface area contributed by atoms with Gasteiger partial charge in [0.05, 0.1) is 0 Å². The summed E-state index contributed by atoms with van der Waals surface area (Å²) in [5, 5.41) is 7.24. The third kappa shape index (κ3) is 6.81. The molecular weight excluding hydrogens is 511 g/mol. The van der Waals surface area contributed by atoms with E-state index in [9.17, 15) is 0 Å². The Morgan fingerprint density at radius 1 is 1.06 bits per heavy atom. The summed E-state index contributed by atoms with van der Waals surface area (Å²) in [6.07, 6.45) is 6.67. The van der Waals surface area contributed by atoms with Crippen LogP contribution in [0.2, 0.25) is 0 Å². The minimum Gasteiger partial charge on any atom is -0.356 e. The van der Waals surface area contributed by atoms with Crippen molar-refractivity contribution in [1.29, 1.82) is 0 Å². The Morgan fingerprint density at radius 2 is 1.84 bits per heavy atom. The van der Waals surface area contributed by atoms with Crippen LogP contribution < -0.4 is 15.5 Å². The molecule has 1 aromatic carbocycles. The van der Waals surface area contributed by atoms with Crippen molar-refractivity contribution in [2.24, 2.45) is 4.99 Å². The molecule has 4 rings (SSSR count). The molecule has 0 radical (unpaired) electrons. The summed E-state index contributed by atoms with van der Waals surface area (Å²) in [7, 11) is 1.87. The van der Waals surface area contributed by atoms with Gasteiger partial charge in [0.1, 0.15) is 5.82 Å². The summed E-state index contributed by atoms with van der Waals surface area (Å²) in [6.45, 7) is 7.29. The number of anilines is 1. The second-order valence-corrected chi connectivity index (χ2v) is 8.80. The molecule has 1 atom stereocenters. The van der Waals surface area contributed by atoms with E-state index in [1.165, 1.54) is 30.5 Å². The Balaban J connectivity index is 0.00000289. The topological polar surface area (TPSA) is 55.8 Å². The maximum absolute atomic E-state index is 4.58. The molecule has 2 N–H and O–H groups in total. The van der Waals surface area contributed by atoms with Crippen molar-refractivity contribution in [3.63, 3.8) is 0 Å². The van der Waals surface area contributed by atoms with Gasteiger partial charge in [0.15, 0.2) is 5.96 Å². The fraction of sp³-hybridized carbons (Fsp3) is 0.520. The molecule has 0 bridgehead atoms. The van der Waals surface area contributed by atoms with Gasteiger partial charge in [-0.2, -0.15) is 0 Å². The van der Waals surface area contributed by atoms with Gasteiger partial charge in [0.25, 0.3) is 0 Å². The molecule has 6 nitrogen and oxygen atoms in total. The van der Waals surface area contributed by atoms with Crippen LogP contribution in [0.25, 0.3) is 0 Å². The molecule has 0 amide bonds. The number of aliphatic imine (C=N–C) groups is 1. The summed E-state index contributed by atoms with van der Waals surface area (Å²) in [4.78, 5) is 14.1. The van der Waals surface area contributed by atoms with Gasteiger partial charge in [0.2, 0.25) is 0 Å². The van der Waals surface area contributed by atoms with E-state index in [4.69, 9.17) is 0 Å². The van der Waals surface area contributed by atoms with Gasteiger partial charge in [0, 0.05) is 51.5 Å². The zero-order chi connectivity index (χ0) is 21.5. The lowest BCUT2D eigenvalue weighted by molar-refractivity contribution is 0.245. The monoisotopic (exact) mass is 548 g/mol. The van der Waals surface area contributed by atoms with E-state index in [0.717, 1.165) is 50.8 Å². The van der Waals surface area contributed by atoms with E-state index >= 15 is 0 Å². The van der Waals surface area contributed by atoms with Crippen molar-refractivity contribution in [2.75, 3.05) is 38.1 Å². The molecule has 174 valence electrons. The first-order valence-corrected chi connectivity index (χ1v) is 11.6. The van der Waals surface area contributed by atoms with Crippen LogP contribution in [0.4, 0.5) is 5.82 Å². The van der Waals surface area contributed by atoms with E-state index in [2.05, 4.69) is 79.8 Å². The van der Waals surface area contributed by atoms with Crippen LogP contribution in [0.3, 0.4) is 0 Å². The number of aromatic nitrogens is 1. The smallest absolute Gasteiger partial charge is 0.191 e. The van der Waals surface area contributed by atoms with E-state index in [-0.39, 0.29) is 24.0 Å². The summed E-state index contributed by atoms with van der Waals surface area (Å²) >= 11 is 0. The fourth-order valence-electron chi connectivity index (χ4n) is 4.65. The Labute approximate surface area is 209 Å². The predicted molar refractivity (Wildman–Crippen MR) is 144 cm³/mol.